The first-order chi connectivity index (χ1) is 15.9. The van der Waals surface area contributed by atoms with E-state index in [4.69, 9.17) is 9.15 Å². The van der Waals surface area contributed by atoms with Crippen LogP contribution in [0.3, 0.4) is 0 Å². The lowest BCUT2D eigenvalue weighted by atomic mass is 10.1. The quantitative estimate of drug-likeness (QED) is 0.419. The molecule has 7 nitrogen and oxygen atoms in total. The van der Waals surface area contributed by atoms with Gasteiger partial charge in [-0.1, -0.05) is 35.1 Å². The van der Waals surface area contributed by atoms with E-state index in [-0.39, 0.29) is 17.6 Å². The van der Waals surface area contributed by atoms with Crippen LogP contribution in [0.2, 0.25) is 0 Å². The third kappa shape index (κ3) is 5.30. The number of aryl methyl sites for hydroxylation is 2. The Morgan fingerprint density at radius 1 is 1.06 bits per heavy atom. The lowest BCUT2D eigenvalue weighted by Crippen LogP contribution is -2.26. The van der Waals surface area contributed by atoms with Gasteiger partial charge in [-0.25, -0.2) is 0 Å². The zero-order chi connectivity index (χ0) is 23.4. The molecule has 0 bridgehead atoms. The molecular formula is C25H25N3O4S. The second kappa shape index (κ2) is 9.97. The molecule has 0 aliphatic heterocycles. The Balaban J connectivity index is 1.68. The number of rotatable bonds is 7. The lowest BCUT2D eigenvalue weighted by Gasteiger charge is -2.04. The molecule has 2 aromatic heterocycles. The number of fused-ring (bicyclic) bond motifs is 1. The van der Waals surface area contributed by atoms with Crippen LogP contribution in [0.5, 0.6) is 0 Å². The third-order valence-corrected chi connectivity index (χ3v) is 6.17. The van der Waals surface area contributed by atoms with Crippen molar-refractivity contribution < 1.29 is 18.7 Å². The number of nitrogens with one attached hydrogen (secondary N) is 1. The second-order valence-corrected chi connectivity index (χ2v) is 8.75. The van der Waals surface area contributed by atoms with Crippen molar-refractivity contribution in [1.82, 2.24) is 9.88 Å². The molecule has 4 aromatic rings. The van der Waals surface area contributed by atoms with E-state index in [1.807, 2.05) is 42.7 Å². The summed E-state index contributed by atoms with van der Waals surface area (Å²) in [4.78, 5) is 30.1. The Morgan fingerprint density at radius 3 is 2.58 bits per heavy atom. The molecule has 33 heavy (non-hydrogen) atoms. The molecule has 0 aliphatic rings. The van der Waals surface area contributed by atoms with Gasteiger partial charge >= 0.3 is 0 Å². The van der Waals surface area contributed by atoms with Crippen LogP contribution < -0.4 is 10.1 Å². The summed E-state index contributed by atoms with van der Waals surface area (Å²) >= 11 is 1.45. The molecule has 0 spiro atoms. The summed E-state index contributed by atoms with van der Waals surface area (Å²) in [5, 5.41) is 2.74. The maximum absolute atomic E-state index is 12.8. The molecule has 8 heteroatoms. The van der Waals surface area contributed by atoms with Gasteiger partial charge in [0.1, 0.15) is 5.76 Å². The molecule has 0 aliphatic carbocycles. The van der Waals surface area contributed by atoms with Crippen LogP contribution in [0.1, 0.15) is 37.8 Å². The topological polar surface area (TPSA) is 85.8 Å². The minimum absolute atomic E-state index is 0.228. The van der Waals surface area contributed by atoms with Crippen molar-refractivity contribution >= 4 is 33.4 Å². The van der Waals surface area contributed by atoms with E-state index >= 15 is 0 Å². The zero-order valence-corrected chi connectivity index (χ0v) is 19.6. The summed E-state index contributed by atoms with van der Waals surface area (Å²) in [6.07, 6.45) is 0. The van der Waals surface area contributed by atoms with Crippen molar-refractivity contribution in [2.75, 3.05) is 20.3 Å². The number of carbonyl (C=O) groups excluding carboxylic acids is 2. The fourth-order valence-corrected chi connectivity index (χ4v) is 4.49. The molecule has 0 radical (unpaired) electrons. The van der Waals surface area contributed by atoms with E-state index < -0.39 is 0 Å². The zero-order valence-electron chi connectivity index (χ0n) is 18.8. The van der Waals surface area contributed by atoms with Crippen molar-refractivity contribution in [3.63, 3.8) is 0 Å². The smallest absolute Gasteiger partial charge is 0.287 e. The Hall–Kier alpha value is -3.49. The number of aromatic nitrogens is 1. The normalized spacial score (nSPS) is 11.8. The van der Waals surface area contributed by atoms with Crippen LogP contribution in [0.15, 0.2) is 64.0 Å². The van der Waals surface area contributed by atoms with Crippen LogP contribution in [-0.4, -0.2) is 36.6 Å². The number of nitrogens with zero attached hydrogens (tertiary/aromatic N) is 2. The average molecular weight is 464 g/mol. The molecule has 170 valence electrons. The van der Waals surface area contributed by atoms with Crippen LogP contribution >= 0.6 is 11.3 Å². The summed E-state index contributed by atoms with van der Waals surface area (Å²) in [6, 6.07) is 16.9. The average Bonchev–Trinajstić information content (AvgIpc) is 3.39. The molecule has 4 rings (SSSR count). The third-order valence-electron chi connectivity index (χ3n) is 5.13. The largest absolute Gasteiger partial charge is 0.454 e. The van der Waals surface area contributed by atoms with Gasteiger partial charge in [-0.2, -0.15) is 4.99 Å². The highest BCUT2D eigenvalue weighted by atomic mass is 32.1. The highest BCUT2D eigenvalue weighted by molar-refractivity contribution is 7.16. The van der Waals surface area contributed by atoms with E-state index in [9.17, 15) is 9.59 Å². The number of amides is 2. The van der Waals surface area contributed by atoms with E-state index in [0.29, 0.717) is 35.8 Å². The van der Waals surface area contributed by atoms with Crippen molar-refractivity contribution in [3.05, 3.63) is 87.6 Å². The highest BCUT2D eigenvalue weighted by Crippen LogP contribution is 2.21. The van der Waals surface area contributed by atoms with Gasteiger partial charge in [0, 0.05) is 19.2 Å². The molecule has 0 unspecified atom stereocenters. The first-order valence-electron chi connectivity index (χ1n) is 10.6. The first-order valence-corrected chi connectivity index (χ1v) is 11.4. The number of hydrogen-bond donors (Lipinski definition) is 1. The Labute approximate surface area is 195 Å². The van der Waals surface area contributed by atoms with E-state index in [1.54, 1.807) is 31.4 Å². The Bertz CT molecular complexity index is 1360. The fraction of sp³-hybridized carbons (Fsp3) is 0.240. The molecule has 0 saturated heterocycles. The van der Waals surface area contributed by atoms with Gasteiger partial charge in [-0.15, -0.1) is 0 Å². The van der Waals surface area contributed by atoms with Crippen LogP contribution in [0.4, 0.5) is 0 Å². The second-order valence-electron chi connectivity index (χ2n) is 7.74. The minimum atomic E-state index is -0.301. The van der Waals surface area contributed by atoms with Crippen LogP contribution in [0.25, 0.3) is 10.2 Å². The first kappa shape index (κ1) is 22.7. The molecular weight excluding hydrogens is 438 g/mol. The monoisotopic (exact) mass is 463 g/mol. The Morgan fingerprint density at radius 2 is 1.82 bits per heavy atom. The predicted octanol–water partition coefficient (Wildman–Crippen LogP) is 4.08. The number of benzene rings is 2. The van der Waals surface area contributed by atoms with Crippen molar-refractivity contribution in [3.8, 4) is 0 Å². The van der Waals surface area contributed by atoms with Gasteiger partial charge in [0.05, 0.1) is 23.4 Å². The standard InChI is InChI=1S/C25H25N3O4S/c1-16-4-7-18(8-5-16)23(29)27-25-28(20-10-6-17(2)14-22(20)33-25)15-19-9-11-21(32-19)24(30)26-12-13-31-3/h4-11,14H,12-13,15H2,1-3H3,(H,26,30). The molecule has 0 atom stereocenters. The molecule has 0 saturated carbocycles. The molecule has 0 fully saturated rings. The predicted molar refractivity (Wildman–Crippen MR) is 128 cm³/mol. The lowest BCUT2D eigenvalue weighted by molar-refractivity contribution is 0.0907. The molecule has 2 heterocycles. The summed E-state index contributed by atoms with van der Waals surface area (Å²) in [7, 11) is 1.58. The SMILES string of the molecule is COCCNC(=O)c1ccc(Cn2c(=NC(=O)c3ccc(C)cc3)sc3cc(C)ccc32)o1. The maximum Gasteiger partial charge on any atom is 0.287 e. The summed E-state index contributed by atoms with van der Waals surface area (Å²) in [6.45, 7) is 5.17. The Kier molecular flexibility index (Phi) is 6.86. The van der Waals surface area contributed by atoms with Crippen molar-refractivity contribution in [2.24, 2.45) is 4.99 Å². The summed E-state index contributed by atoms with van der Waals surface area (Å²) in [5.74, 6) is 0.223. The summed E-state index contributed by atoms with van der Waals surface area (Å²) in [5.41, 5.74) is 3.69. The summed E-state index contributed by atoms with van der Waals surface area (Å²) < 4.78 is 13.7. The van der Waals surface area contributed by atoms with Gasteiger partial charge < -0.3 is 19.0 Å². The number of hydrogen-bond acceptors (Lipinski definition) is 5. The maximum atomic E-state index is 12.8. The molecule has 2 aromatic carbocycles. The van der Waals surface area contributed by atoms with Crippen LogP contribution in [0, 0.1) is 13.8 Å². The minimum Gasteiger partial charge on any atom is -0.454 e. The number of thiazole rings is 1. The van der Waals surface area contributed by atoms with Gasteiger partial charge in [0.2, 0.25) is 0 Å². The van der Waals surface area contributed by atoms with E-state index in [0.717, 1.165) is 21.3 Å². The molecule has 2 amide bonds. The number of furan rings is 1. The molecule has 1 N–H and O–H groups in total. The number of carbonyl (C=O) groups is 2. The van der Waals surface area contributed by atoms with Gasteiger partial charge in [0.15, 0.2) is 10.6 Å². The van der Waals surface area contributed by atoms with Crippen LogP contribution in [-0.2, 0) is 11.3 Å². The highest BCUT2D eigenvalue weighted by Gasteiger charge is 2.14. The van der Waals surface area contributed by atoms with Gasteiger partial charge in [-0.05, 0) is 55.8 Å². The van der Waals surface area contributed by atoms with Crippen molar-refractivity contribution in [1.29, 1.82) is 0 Å². The number of methoxy groups -OCH3 is 1. The van der Waals surface area contributed by atoms with E-state index in [1.165, 1.54) is 11.3 Å². The number of ether oxygens (including phenoxy) is 1. The van der Waals surface area contributed by atoms with Gasteiger partial charge in [0.25, 0.3) is 11.8 Å². The fourth-order valence-electron chi connectivity index (χ4n) is 3.36. The van der Waals surface area contributed by atoms with E-state index in [2.05, 4.69) is 16.4 Å². The van der Waals surface area contributed by atoms with Crippen molar-refractivity contribution in [2.45, 2.75) is 20.4 Å². The van der Waals surface area contributed by atoms with Gasteiger partial charge in [-0.3, -0.25) is 9.59 Å².